The number of amides is 6. The van der Waals surface area contributed by atoms with Crippen LogP contribution in [0, 0.1) is 0 Å². The van der Waals surface area contributed by atoms with Crippen LogP contribution in [0.1, 0.15) is 581 Å². The normalized spacial score (nSPS) is 11.3. The average molecular weight is 1930 g/mol. The van der Waals surface area contributed by atoms with Gasteiger partial charge >= 0.3 is 18.1 Å². The van der Waals surface area contributed by atoms with E-state index in [0.29, 0.717) is 91.2 Å². The molecular formula is C120H213N9O9. The fourth-order valence-electron chi connectivity index (χ4n) is 18.7. The monoisotopic (exact) mass is 1920 g/mol. The molecule has 1 heterocycles. The molecule has 18 nitrogen and oxygen atoms in total. The van der Waals surface area contributed by atoms with E-state index in [2.05, 4.69) is 88.4 Å². The van der Waals surface area contributed by atoms with Gasteiger partial charge in [-0.3, -0.25) is 16.0 Å². The van der Waals surface area contributed by atoms with Gasteiger partial charge in [0.25, 0.3) is 0 Å². The Bertz CT molecular complexity index is 2900. The summed E-state index contributed by atoms with van der Waals surface area (Å²) in [5.74, 6) is 2.79. The lowest BCUT2D eigenvalue weighted by Gasteiger charge is -2.15. The van der Waals surface area contributed by atoms with Crippen LogP contribution < -0.4 is 60.3 Å². The molecule has 0 aliphatic rings. The minimum atomic E-state index is -0.686. The summed E-state index contributed by atoms with van der Waals surface area (Å²) in [7, 11) is 0. The van der Waals surface area contributed by atoms with Crippen molar-refractivity contribution in [3.63, 3.8) is 0 Å². The first kappa shape index (κ1) is 124. The van der Waals surface area contributed by atoms with Crippen molar-refractivity contribution in [1.82, 2.24) is 15.0 Å². The number of urea groups is 3. The van der Waals surface area contributed by atoms with E-state index in [1.54, 1.807) is 36.4 Å². The molecule has 3 aromatic carbocycles. The van der Waals surface area contributed by atoms with Crippen LogP contribution in [0.4, 0.5) is 49.3 Å². The van der Waals surface area contributed by atoms with Gasteiger partial charge in [0.05, 0.1) is 39.6 Å². The van der Waals surface area contributed by atoms with E-state index in [4.69, 9.17) is 28.4 Å². The predicted octanol–water partition coefficient (Wildman–Crippen LogP) is 40.0. The van der Waals surface area contributed by atoms with Crippen molar-refractivity contribution in [3.8, 4) is 34.5 Å². The molecule has 18 heteroatoms. The minimum Gasteiger partial charge on any atom is -0.493 e. The third kappa shape index (κ3) is 76.0. The number of carbonyl (C=O) groups is 3. The summed E-state index contributed by atoms with van der Waals surface area (Å²) in [5.41, 5.74) is 1.32. The zero-order chi connectivity index (χ0) is 98.3. The zero-order valence-corrected chi connectivity index (χ0v) is 90.4. The minimum absolute atomic E-state index is 0.247. The van der Waals surface area contributed by atoms with Gasteiger partial charge in [-0.1, -0.05) is 542 Å². The Morgan fingerprint density at radius 1 is 0.159 bits per heavy atom. The molecule has 0 fully saturated rings. The average Bonchev–Trinajstić information content (AvgIpc) is 0.825. The highest BCUT2D eigenvalue weighted by Crippen LogP contribution is 2.33. The van der Waals surface area contributed by atoms with Gasteiger partial charge in [0.15, 0.2) is 0 Å². The number of benzene rings is 3. The third-order valence-corrected chi connectivity index (χ3v) is 27.3. The summed E-state index contributed by atoms with van der Waals surface area (Å²) in [5, 5.41) is 17.4. The van der Waals surface area contributed by atoms with Crippen LogP contribution in [0.5, 0.6) is 34.5 Å². The Kier molecular flexibility index (Phi) is 84.1. The Morgan fingerprint density at radius 3 is 0.384 bits per heavy atom. The van der Waals surface area contributed by atoms with Gasteiger partial charge in [-0.15, -0.1) is 0 Å². The van der Waals surface area contributed by atoms with Gasteiger partial charge in [0, 0.05) is 71.7 Å². The molecule has 0 saturated carbocycles. The van der Waals surface area contributed by atoms with Crippen LogP contribution in [0.3, 0.4) is 0 Å². The summed E-state index contributed by atoms with van der Waals surface area (Å²) < 4.78 is 38.7. The first-order chi connectivity index (χ1) is 68.1. The van der Waals surface area contributed by atoms with E-state index in [1.807, 2.05) is 18.2 Å². The summed E-state index contributed by atoms with van der Waals surface area (Å²) in [6, 6.07) is 14.5. The predicted molar refractivity (Wildman–Crippen MR) is 592 cm³/mol. The second-order valence-corrected chi connectivity index (χ2v) is 40.8. The summed E-state index contributed by atoms with van der Waals surface area (Å²) >= 11 is 0. The Labute approximate surface area is 847 Å². The van der Waals surface area contributed by atoms with E-state index in [0.717, 1.165) is 77.0 Å². The maximum Gasteiger partial charge on any atom is 0.326 e. The number of hydrogen-bond donors (Lipinski definition) is 6. The van der Waals surface area contributed by atoms with E-state index < -0.39 is 18.1 Å². The lowest BCUT2D eigenvalue weighted by Crippen LogP contribution is -2.26. The SMILES string of the molecule is CCCCCCCCCCCCCCCCOc1cc(NC(=O)Nc2nc(NC(=O)Nc3cc(OCCCCCCCCCCCCCCCC)cc(OCCCCCCCCCCCCCCCC)c3)nc(NC(=O)Nc3cc(OCCCCCCCCCCCCCCCC)cc(OCCCCCCCCCCCCCCCC)c3)n2)cc(OCCCCCCCCCCCCCCCC)c1. The van der Waals surface area contributed by atoms with Crippen LogP contribution >= 0.6 is 0 Å². The molecular weight excluding hydrogens is 1710 g/mol. The molecule has 0 saturated heterocycles. The van der Waals surface area contributed by atoms with Gasteiger partial charge in [0.2, 0.25) is 17.8 Å². The Hall–Kier alpha value is -6.72. The number of rotatable bonds is 102. The van der Waals surface area contributed by atoms with Crippen LogP contribution in [0.15, 0.2) is 54.6 Å². The number of ether oxygens (including phenoxy) is 6. The topological polar surface area (TPSA) is 217 Å². The van der Waals surface area contributed by atoms with E-state index in [1.165, 1.54) is 462 Å². The van der Waals surface area contributed by atoms with Crippen molar-refractivity contribution in [1.29, 1.82) is 0 Å². The van der Waals surface area contributed by atoms with E-state index >= 15 is 0 Å². The number of carbonyl (C=O) groups excluding carboxylic acids is 3. The molecule has 0 bridgehead atoms. The van der Waals surface area contributed by atoms with Crippen molar-refractivity contribution in [3.05, 3.63) is 54.6 Å². The molecule has 138 heavy (non-hydrogen) atoms. The molecule has 6 N–H and O–H groups in total. The molecule has 0 radical (unpaired) electrons. The summed E-state index contributed by atoms with van der Waals surface area (Å²) in [4.78, 5) is 57.4. The Balaban J connectivity index is 1.58. The van der Waals surface area contributed by atoms with Crippen LogP contribution in [0.25, 0.3) is 0 Å². The maximum atomic E-state index is 14.5. The van der Waals surface area contributed by atoms with E-state index in [9.17, 15) is 14.4 Å². The third-order valence-electron chi connectivity index (χ3n) is 27.3. The largest absolute Gasteiger partial charge is 0.493 e. The van der Waals surface area contributed by atoms with E-state index in [-0.39, 0.29) is 17.8 Å². The zero-order valence-electron chi connectivity index (χ0n) is 90.4. The smallest absolute Gasteiger partial charge is 0.326 e. The lowest BCUT2D eigenvalue weighted by atomic mass is 10.0. The number of anilines is 6. The fraction of sp³-hybridized carbons (Fsp3) is 0.800. The second kappa shape index (κ2) is 93.9. The molecule has 6 amide bonds. The highest BCUT2D eigenvalue weighted by atomic mass is 16.5. The fourth-order valence-corrected chi connectivity index (χ4v) is 18.7. The van der Waals surface area contributed by atoms with Crippen LogP contribution in [-0.2, 0) is 0 Å². The number of nitrogens with zero attached hydrogens (tertiary/aromatic N) is 3. The number of hydrogen-bond acceptors (Lipinski definition) is 12. The van der Waals surface area contributed by atoms with Gasteiger partial charge in [-0.2, -0.15) is 15.0 Å². The first-order valence-corrected chi connectivity index (χ1v) is 59.3. The highest BCUT2D eigenvalue weighted by molar-refractivity contribution is 6.02. The van der Waals surface area contributed by atoms with Crippen molar-refractivity contribution >= 4 is 53.0 Å². The second-order valence-electron chi connectivity index (χ2n) is 40.8. The molecule has 4 aromatic rings. The summed E-state index contributed by atoms with van der Waals surface area (Å²) in [6.07, 6.45) is 107. The number of nitrogens with one attached hydrogen (secondary N) is 6. The molecule has 0 spiro atoms. The molecule has 1 aromatic heterocycles. The Morgan fingerprint density at radius 2 is 0.268 bits per heavy atom. The van der Waals surface area contributed by atoms with Crippen LogP contribution in [0.2, 0.25) is 0 Å². The van der Waals surface area contributed by atoms with Crippen molar-refractivity contribution in [2.45, 2.75) is 581 Å². The van der Waals surface area contributed by atoms with Crippen molar-refractivity contribution in [2.24, 2.45) is 0 Å². The summed E-state index contributed by atoms with van der Waals surface area (Å²) in [6.45, 7) is 16.9. The van der Waals surface area contributed by atoms with Crippen molar-refractivity contribution in [2.75, 3.05) is 71.5 Å². The van der Waals surface area contributed by atoms with Gasteiger partial charge in [-0.05, 0) is 38.5 Å². The van der Waals surface area contributed by atoms with Crippen LogP contribution in [-0.4, -0.2) is 72.7 Å². The molecule has 0 unspecified atom stereocenters. The van der Waals surface area contributed by atoms with Gasteiger partial charge < -0.3 is 44.4 Å². The standard InChI is InChI=1S/C120H213N9O9/c1-7-13-19-25-31-37-43-49-55-61-67-73-79-85-91-133-109-97-106(98-110(103-109)134-92-86-80-74-68-62-56-50-44-38-32-26-20-14-8-2)121-118(130)127-115-124-116(128-119(131)122-107-99-111(135-93-87-81-75-69-63-57-51-45-39-33-27-21-15-9-3)104-112(100-107)136-94-88-82-76-70-64-58-52-46-40-34-28-22-16-10-4)126-117(125-115)129-120(132)123-108-101-113(137-95-89-83-77-71-65-59-53-47-41-35-29-23-17-11-5)105-114(102-108)138-96-90-84-78-72-66-60-54-48-42-36-30-24-18-12-6/h97-105H,7-96H2,1-6H3,(H6,121,122,123,124,125,126,127,128,129,130,131,132). The molecule has 0 atom stereocenters. The van der Waals surface area contributed by atoms with Crippen molar-refractivity contribution < 1.29 is 42.8 Å². The number of aromatic nitrogens is 3. The number of unbranched alkanes of at least 4 members (excludes halogenated alkanes) is 78. The maximum absolute atomic E-state index is 14.5. The molecule has 792 valence electrons. The first-order valence-electron chi connectivity index (χ1n) is 59.3. The molecule has 0 aliphatic carbocycles. The van der Waals surface area contributed by atoms with Gasteiger partial charge in [-0.25, -0.2) is 14.4 Å². The molecule has 0 aliphatic heterocycles. The highest BCUT2D eigenvalue weighted by Gasteiger charge is 2.19. The molecule has 4 rings (SSSR count). The lowest BCUT2D eigenvalue weighted by molar-refractivity contribution is 0.261. The quantitative estimate of drug-likeness (QED) is 0.0228. The van der Waals surface area contributed by atoms with Gasteiger partial charge in [0.1, 0.15) is 34.5 Å².